The summed E-state index contributed by atoms with van der Waals surface area (Å²) in [7, 11) is 0. The number of aromatic nitrogens is 4. The van der Waals surface area contributed by atoms with Gasteiger partial charge in [-0.2, -0.15) is 0 Å². The van der Waals surface area contributed by atoms with Gasteiger partial charge in [-0.3, -0.25) is 9.59 Å². The van der Waals surface area contributed by atoms with Gasteiger partial charge < -0.3 is 4.98 Å². The van der Waals surface area contributed by atoms with Crippen LogP contribution in [-0.4, -0.2) is 25.8 Å². The number of hydrogen-bond donors (Lipinski definition) is 1. The van der Waals surface area contributed by atoms with Gasteiger partial charge >= 0.3 is 0 Å². The first kappa shape index (κ1) is 15.4. The van der Waals surface area contributed by atoms with Gasteiger partial charge in [-0.15, -0.1) is 16.4 Å². The first-order valence-electron chi connectivity index (χ1n) is 7.36. The Bertz CT molecular complexity index is 1170. The minimum atomic E-state index is -0.385. The number of carbonyl (C=O) groups excluding carboxylic acids is 1. The van der Waals surface area contributed by atoms with Crippen LogP contribution in [0.1, 0.15) is 16.6 Å². The van der Waals surface area contributed by atoms with E-state index in [1.165, 1.54) is 41.1 Å². The van der Waals surface area contributed by atoms with Crippen LogP contribution in [0.3, 0.4) is 0 Å². The molecule has 1 aromatic carbocycles. The zero-order chi connectivity index (χ0) is 17.6. The molecule has 4 aromatic rings. The molecule has 8 heteroatoms. The fourth-order valence-corrected chi connectivity index (χ4v) is 3.29. The van der Waals surface area contributed by atoms with Gasteiger partial charge in [0.15, 0.2) is 5.78 Å². The topological polar surface area (TPSA) is 80.6 Å². The molecule has 0 bridgehead atoms. The highest BCUT2D eigenvalue weighted by molar-refractivity contribution is 7.12. The van der Waals surface area contributed by atoms with Crippen molar-refractivity contribution in [3.8, 4) is 16.9 Å². The third kappa shape index (κ3) is 2.76. The summed E-state index contributed by atoms with van der Waals surface area (Å²) in [5, 5.41) is 10.4. The van der Waals surface area contributed by atoms with E-state index in [0.29, 0.717) is 32.7 Å². The summed E-state index contributed by atoms with van der Waals surface area (Å²) in [5.74, 6) is -0.409. The monoisotopic (exact) mass is 354 g/mol. The predicted octanol–water partition coefficient (Wildman–Crippen LogP) is 3.18. The Morgan fingerprint density at radius 3 is 2.88 bits per heavy atom. The number of halogens is 1. The summed E-state index contributed by atoms with van der Waals surface area (Å²) in [6.45, 7) is 1.50. The Morgan fingerprint density at radius 2 is 2.12 bits per heavy atom. The molecule has 0 fully saturated rings. The number of pyridine rings is 1. The Balaban J connectivity index is 1.79. The average Bonchev–Trinajstić information content (AvgIpc) is 3.23. The van der Waals surface area contributed by atoms with Crippen molar-refractivity contribution in [2.45, 2.75) is 6.92 Å². The number of nitrogens with zero attached hydrogens (tertiary/aromatic N) is 3. The van der Waals surface area contributed by atoms with Gasteiger partial charge in [-0.1, -0.05) is 5.21 Å². The number of fused-ring (bicyclic) bond motifs is 1. The first-order chi connectivity index (χ1) is 12.0. The Hall–Kier alpha value is -3.13. The maximum atomic E-state index is 13.4. The first-order valence-corrected chi connectivity index (χ1v) is 8.24. The number of aromatic amines is 1. The maximum Gasteiger partial charge on any atom is 0.258 e. The molecule has 0 radical (unpaired) electrons. The molecule has 0 aliphatic carbocycles. The Kier molecular flexibility index (Phi) is 3.54. The molecule has 0 saturated carbocycles. The molecule has 6 nitrogen and oxygen atoms in total. The normalized spacial score (nSPS) is 11.1. The number of hydrogen-bond acceptors (Lipinski definition) is 5. The Morgan fingerprint density at radius 1 is 1.28 bits per heavy atom. The van der Waals surface area contributed by atoms with Crippen LogP contribution in [0.4, 0.5) is 4.39 Å². The zero-order valence-electron chi connectivity index (χ0n) is 13.0. The van der Waals surface area contributed by atoms with E-state index in [9.17, 15) is 14.0 Å². The van der Waals surface area contributed by atoms with Gasteiger partial charge in [-0.05, 0) is 37.3 Å². The van der Waals surface area contributed by atoms with E-state index < -0.39 is 0 Å². The lowest BCUT2D eigenvalue weighted by atomic mass is 10.1. The molecule has 0 amide bonds. The van der Waals surface area contributed by atoms with Gasteiger partial charge in [0.05, 0.1) is 22.3 Å². The van der Waals surface area contributed by atoms with E-state index in [2.05, 4.69) is 15.3 Å². The maximum absolute atomic E-state index is 13.4. The highest BCUT2D eigenvalue weighted by Gasteiger charge is 2.12. The van der Waals surface area contributed by atoms with Crippen LogP contribution in [0.25, 0.3) is 27.8 Å². The van der Waals surface area contributed by atoms with Crippen LogP contribution in [0.15, 0.2) is 46.7 Å². The van der Waals surface area contributed by atoms with E-state index in [-0.39, 0.29) is 17.2 Å². The molecule has 0 saturated heterocycles. The summed E-state index contributed by atoms with van der Waals surface area (Å²) in [6.07, 6.45) is 1.60. The SMILES string of the molecule is CC(=O)c1cc(-n2cc(-c3cc4cc(F)ccc4[nH]c3=O)nn2)cs1. The quantitative estimate of drug-likeness (QED) is 0.573. The number of rotatable bonds is 3. The van der Waals surface area contributed by atoms with Gasteiger partial charge in [0.1, 0.15) is 11.5 Å². The lowest BCUT2D eigenvalue weighted by Crippen LogP contribution is -2.08. The molecule has 124 valence electrons. The van der Waals surface area contributed by atoms with Crippen LogP contribution >= 0.6 is 11.3 Å². The molecule has 1 N–H and O–H groups in total. The van der Waals surface area contributed by atoms with E-state index >= 15 is 0 Å². The number of H-pyrrole nitrogens is 1. The highest BCUT2D eigenvalue weighted by atomic mass is 32.1. The zero-order valence-corrected chi connectivity index (χ0v) is 13.8. The fraction of sp³-hybridized carbons (Fsp3) is 0.0588. The molecule has 25 heavy (non-hydrogen) atoms. The summed E-state index contributed by atoms with van der Waals surface area (Å²) >= 11 is 1.32. The number of nitrogens with one attached hydrogen (secondary N) is 1. The third-order valence-corrected chi connectivity index (χ3v) is 4.79. The lowest BCUT2D eigenvalue weighted by molar-refractivity contribution is 0.102. The molecule has 0 spiro atoms. The molecule has 0 unspecified atom stereocenters. The van der Waals surface area contributed by atoms with Crippen molar-refractivity contribution in [1.82, 2.24) is 20.0 Å². The molecule has 3 aromatic heterocycles. The third-order valence-electron chi connectivity index (χ3n) is 3.77. The standard InChI is InChI=1S/C17H11FN4O2S/c1-9(23)16-6-12(8-25-16)22-7-15(20-21-22)13-5-10-4-11(18)2-3-14(10)19-17(13)24/h2-8H,1H3,(H,19,24). The van der Waals surface area contributed by atoms with E-state index in [1.54, 1.807) is 23.7 Å². The van der Waals surface area contributed by atoms with Gasteiger partial charge in [0.25, 0.3) is 5.56 Å². The van der Waals surface area contributed by atoms with Crippen LogP contribution in [-0.2, 0) is 0 Å². The van der Waals surface area contributed by atoms with Gasteiger partial charge in [0.2, 0.25) is 0 Å². The van der Waals surface area contributed by atoms with Gasteiger partial charge in [0, 0.05) is 16.3 Å². The largest absolute Gasteiger partial charge is 0.321 e. The van der Waals surface area contributed by atoms with Crippen molar-refractivity contribution in [3.63, 3.8) is 0 Å². The highest BCUT2D eigenvalue weighted by Crippen LogP contribution is 2.22. The second kappa shape index (κ2) is 5.75. The smallest absolute Gasteiger partial charge is 0.258 e. The summed E-state index contributed by atoms with van der Waals surface area (Å²) in [4.78, 5) is 27.0. The molecule has 0 aliphatic heterocycles. The second-order valence-corrected chi connectivity index (χ2v) is 6.43. The van der Waals surface area contributed by atoms with Crippen molar-refractivity contribution in [2.75, 3.05) is 0 Å². The summed E-state index contributed by atoms with van der Waals surface area (Å²) in [5.41, 5.74) is 1.57. The van der Waals surface area contributed by atoms with Crippen molar-refractivity contribution in [1.29, 1.82) is 0 Å². The average molecular weight is 354 g/mol. The lowest BCUT2D eigenvalue weighted by Gasteiger charge is -2.00. The van der Waals surface area contributed by atoms with Crippen molar-refractivity contribution in [2.24, 2.45) is 0 Å². The van der Waals surface area contributed by atoms with Crippen molar-refractivity contribution < 1.29 is 9.18 Å². The Labute approximate surface area is 144 Å². The fourth-order valence-electron chi connectivity index (χ4n) is 2.51. The number of carbonyl (C=O) groups is 1. The number of thiophene rings is 1. The minimum absolute atomic E-state index is 0.0235. The second-order valence-electron chi connectivity index (χ2n) is 5.52. The summed E-state index contributed by atoms with van der Waals surface area (Å²) in [6, 6.07) is 7.45. The minimum Gasteiger partial charge on any atom is -0.321 e. The molecule has 3 heterocycles. The number of Topliss-reactive ketones (excluding diaryl/α,β-unsaturated/α-hetero) is 1. The predicted molar refractivity (Wildman–Crippen MR) is 92.8 cm³/mol. The van der Waals surface area contributed by atoms with Crippen molar-refractivity contribution in [3.05, 3.63) is 63.0 Å². The number of ketones is 1. The van der Waals surface area contributed by atoms with Crippen LogP contribution in [0, 0.1) is 5.82 Å². The van der Waals surface area contributed by atoms with Crippen LogP contribution in [0.5, 0.6) is 0 Å². The van der Waals surface area contributed by atoms with E-state index in [0.717, 1.165) is 0 Å². The molecular formula is C17H11FN4O2S. The van der Waals surface area contributed by atoms with E-state index in [1.807, 2.05) is 0 Å². The summed E-state index contributed by atoms with van der Waals surface area (Å²) < 4.78 is 14.9. The molecular weight excluding hydrogens is 343 g/mol. The number of benzene rings is 1. The van der Waals surface area contributed by atoms with Crippen molar-refractivity contribution >= 4 is 28.0 Å². The molecule has 4 rings (SSSR count). The van der Waals surface area contributed by atoms with Gasteiger partial charge in [-0.25, -0.2) is 9.07 Å². The molecule has 0 aliphatic rings. The van der Waals surface area contributed by atoms with Crippen LogP contribution in [0.2, 0.25) is 0 Å². The van der Waals surface area contributed by atoms with E-state index in [4.69, 9.17) is 0 Å². The molecule has 0 atom stereocenters. The van der Waals surface area contributed by atoms with Crippen LogP contribution < -0.4 is 5.56 Å².